The maximum Gasteiger partial charge on any atom is 0.410 e. The number of piperazine rings is 1. The Bertz CT molecular complexity index is 1080. The van der Waals surface area contributed by atoms with Crippen molar-refractivity contribution in [3.63, 3.8) is 0 Å². The van der Waals surface area contributed by atoms with Crippen LogP contribution in [-0.2, 0) is 11.2 Å². The Balaban J connectivity index is 1.41. The summed E-state index contributed by atoms with van der Waals surface area (Å²) < 4.78 is 5.57. The maximum atomic E-state index is 12.5. The third-order valence-corrected chi connectivity index (χ3v) is 6.02. The van der Waals surface area contributed by atoms with E-state index in [2.05, 4.69) is 9.88 Å². The SMILES string of the molecule is CC(C)(C)OC(=O)N1CC2CC1CN2C1=Nc2c([nH]c(=O)c3ccccc23)CC1. The first-order valence-electron chi connectivity index (χ1n) is 10.3. The minimum atomic E-state index is -0.478. The molecule has 0 spiro atoms. The largest absolute Gasteiger partial charge is 0.444 e. The first-order valence-corrected chi connectivity index (χ1v) is 10.3. The van der Waals surface area contributed by atoms with Gasteiger partial charge in [0.2, 0.25) is 0 Å². The van der Waals surface area contributed by atoms with E-state index in [1.54, 1.807) is 0 Å². The van der Waals surface area contributed by atoms with E-state index in [0.717, 1.165) is 48.4 Å². The van der Waals surface area contributed by atoms with Crippen molar-refractivity contribution in [2.75, 3.05) is 13.1 Å². The summed E-state index contributed by atoms with van der Waals surface area (Å²) >= 11 is 0. The molecule has 7 heteroatoms. The van der Waals surface area contributed by atoms with Crippen molar-refractivity contribution in [2.24, 2.45) is 4.99 Å². The van der Waals surface area contributed by atoms with Gasteiger partial charge in [-0.2, -0.15) is 0 Å². The van der Waals surface area contributed by atoms with Gasteiger partial charge < -0.3 is 19.5 Å². The number of carbonyl (C=O) groups is 1. The van der Waals surface area contributed by atoms with Crippen LogP contribution in [0, 0.1) is 0 Å². The van der Waals surface area contributed by atoms with Crippen molar-refractivity contribution in [3.8, 4) is 0 Å². The molecule has 1 N–H and O–H groups in total. The van der Waals surface area contributed by atoms with Gasteiger partial charge in [0.25, 0.3) is 5.56 Å². The smallest absolute Gasteiger partial charge is 0.410 e. The molecule has 152 valence electrons. The number of nitrogens with one attached hydrogen (secondary N) is 1. The van der Waals surface area contributed by atoms with Gasteiger partial charge in [-0.3, -0.25) is 4.79 Å². The fraction of sp³-hybridized carbons (Fsp3) is 0.500. The number of H-pyrrole nitrogens is 1. The molecular weight excluding hydrogens is 368 g/mol. The molecule has 1 aromatic heterocycles. The Morgan fingerprint density at radius 1 is 1.14 bits per heavy atom. The molecule has 0 saturated carbocycles. The van der Waals surface area contributed by atoms with E-state index in [0.29, 0.717) is 11.9 Å². The standard InChI is InChI=1S/C22H26N4O3/c1-22(2,3)29-21(28)26-12-13-10-14(26)11-25(13)18-9-8-17-19(24-18)15-6-4-5-7-16(15)20(27)23-17/h4-7,13-14H,8-12H2,1-3H3,(H,23,27). The second-order valence-corrected chi connectivity index (χ2v) is 9.18. The number of amidine groups is 1. The minimum absolute atomic E-state index is 0.0498. The zero-order chi connectivity index (χ0) is 20.3. The van der Waals surface area contributed by atoms with Crippen molar-refractivity contribution in [2.45, 2.75) is 57.7 Å². The Morgan fingerprint density at radius 2 is 1.90 bits per heavy atom. The number of hydrogen-bond donors (Lipinski definition) is 1. The molecule has 7 nitrogen and oxygen atoms in total. The molecule has 2 fully saturated rings. The molecule has 2 bridgehead atoms. The van der Waals surface area contributed by atoms with Gasteiger partial charge in [0, 0.05) is 42.0 Å². The normalized spacial score (nSPS) is 23.3. The monoisotopic (exact) mass is 394 g/mol. The molecule has 29 heavy (non-hydrogen) atoms. The zero-order valence-corrected chi connectivity index (χ0v) is 17.1. The molecule has 0 aliphatic carbocycles. The fourth-order valence-corrected chi connectivity index (χ4v) is 4.78. The Morgan fingerprint density at radius 3 is 2.59 bits per heavy atom. The van der Waals surface area contributed by atoms with Crippen molar-refractivity contribution in [1.82, 2.24) is 14.8 Å². The fourth-order valence-electron chi connectivity index (χ4n) is 4.78. The van der Waals surface area contributed by atoms with E-state index in [9.17, 15) is 9.59 Å². The lowest BCUT2D eigenvalue weighted by Gasteiger charge is -2.37. The molecule has 3 aliphatic rings. The third-order valence-electron chi connectivity index (χ3n) is 6.02. The maximum absolute atomic E-state index is 12.5. The molecule has 2 saturated heterocycles. The Hall–Kier alpha value is -2.83. The van der Waals surface area contributed by atoms with Crippen LogP contribution in [0.3, 0.4) is 0 Å². The molecule has 4 heterocycles. The van der Waals surface area contributed by atoms with Crippen LogP contribution in [0.1, 0.15) is 39.3 Å². The lowest BCUT2D eigenvalue weighted by atomic mass is 10.0. The van der Waals surface area contributed by atoms with Crippen LogP contribution < -0.4 is 5.56 Å². The van der Waals surface area contributed by atoms with Gasteiger partial charge in [0.05, 0.1) is 11.7 Å². The van der Waals surface area contributed by atoms with Crippen LogP contribution in [0.2, 0.25) is 0 Å². The number of carbonyl (C=O) groups excluding carboxylic acids is 1. The summed E-state index contributed by atoms with van der Waals surface area (Å²) in [5.74, 6) is 1.06. The predicted octanol–water partition coefficient (Wildman–Crippen LogP) is 3.20. The summed E-state index contributed by atoms with van der Waals surface area (Å²) in [6, 6.07) is 8.09. The minimum Gasteiger partial charge on any atom is -0.444 e. The number of rotatable bonds is 0. The average Bonchev–Trinajstić information content (AvgIpc) is 3.28. The highest BCUT2D eigenvalue weighted by Crippen LogP contribution is 2.36. The molecule has 0 radical (unpaired) electrons. The molecule has 2 atom stereocenters. The van der Waals surface area contributed by atoms with E-state index >= 15 is 0 Å². The number of aliphatic imine (C=N–C) groups is 1. The number of ether oxygens (including phenoxy) is 1. The van der Waals surface area contributed by atoms with Gasteiger partial charge >= 0.3 is 6.09 Å². The van der Waals surface area contributed by atoms with Crippen LogP contribution in [0.25, 0.3) is 10.8 Å². The van der Waals surface area contributed by atoms with E-state index < -0.39 is 5.60 Å². The van der Waals surface area contributed by atoms with Gasteiger partial charge in [-0.15, -0.1) is 0 Å². The van der Waals surface area contributed by atoms with Crippen molar-refractivity contribution in [3.05, 3.63) is 40.3 Å². The predicted molar refractivity (Wildman–Crippen MR) is 112 cm³/mol. The highest BCUT2D eigenvalue weighted by atomic mass is 16.6. The first kappa shape index (κ1) is 18.2. The summed E-state index contributed by atoms with van der Waals surface area (Å²) in [4.78, 5) is 37.0. The van der Waals surface area contributed by atoms with Crippen LogP contribution in [0.4, 0.5) is 10.5 Å². The zero-order valence-electron chi connectivity index (χ0n) is 17.1. The van der Waals surface area contributed by atoms with Gasteiger partial charge in [-0.05, 0) is 39.7 Å². The molecule has 1 amide bonds. The lowest BCUT2D eigenvalue weighted by molar-refractivity contribution is 0.0167. The molecule has 1 aromatic carbocycles. The van der Waals surface area contributed by atoms with E-state index in [1.807, 2.05) is 49.9 Å². The van der Waals surface area contributed by atoms with Gasteiger partial charge in [0.15, 0.2) is 0 Å². The van der Waals surface area contributed by atoms with Crippen LogP contribution >= 0.6 is 0 Å². The third kappa shape index (κ3) is 3.09. The van der Waals surface area contributed by atoms with Crippen molar-refractivity contribution < 1.29 is 9.53 Å². The topological polar surface area (TPSA) is 78.0 Å². The van der Waals surface area contributed by atoms with E-state index in [4.69, 9.17) is 9.73 Å². The number of nitrogens with zero attached hydrogens (tertiary/aromatic N) is 3. The summed E-state index contributed by atoms with van der Waals surface area (Å²) in [6.07, 6.45) is 2.32. The summed E-state index contributed by atoms with van der Waals surface area (Å²) in [5, 5.41) is 1.58. The number of fused-ring (bicyclic) bond motifs is 5. The number of hydrogen-bond acceptors (Lipinski definition) is 5. The number of benzene rings is 1. The highest BCUT2D eigenvalue weighted by Gasteiger charge is 2.47. The van der Waals surface area contributed by atoms with Gasteiger partial charge in [-0.1, -0.05) is 18.2 Å². The van der Waals surface area contributed by atoms with Crippen LogP contribution in [0.15, 0.2) is 34.1 Å². The summed E-state index contributed by atoms with van der Waals surface area (Å²) in [6.45, 7) is 7.16. The van der Waals surface area contributed by atoms with E-state index in [-0.39, 0.29) is 23.7 Å². The quantitative estimate of drug-likeness (QED) is 0.744. The van der Waals surface area contributed by atoms with Gasteiger partial charge in [-0.25, -0.2) is 9.79 Å². The number of aromatic nitrogens is 1. The first-order chi connectivity index (χ1) is 13.8. The molecule has 2 unspecified atom stereocenters. The van der Waals surface area contributed by atoms with Crippen LogP contribution in [-0.4, -0.2) is 57.5 Å². The number of pyridine rings is 1. The summed E-state index contributed by atoms with van der Waals surface area (Å²) in [7, 11) is 0. The average molecular weight is 394 g/mol. The van der Waals surface area contributed by atoms with Crippen molar-refractivity contribution in [1.29, 1.82) is 0 Å². The molecular formula is C22H26N4O3. The summed E-state index contributed by atoms with van der Waals surface area (Å²) in [5.41, 5.74) is 1.27. The van der Waals surface area contributed by atoms with Gasteiger partial charge in [0.1, 0.15) is 11.4 Å². The molecule has 3 aliphatic heterocycles. The number of aryl methyl sites for hydroxylation is 1. The molecule has 2 aromatic rings. The second kappa shape index (κ2) is 6.34. The van der Waals surface area contributed by atoms with Crippen LogP contribution in [0.5, 0.6) is 0 Å². The van der Waals surface area contributed by atoms with Crippen molar-refractivity contribution >= 4 is 28.4 Å². The molecule has 5 rings (SSSR count). The second-order valence-electron chi connectivity index (χ2n) is 9.18. The highest BCUT2D eigenvalue weighted by molar-refractivity contribution is 5.98. The lowest BCUT2D eigenvalue weighted by Crippen LogP contribution is -2.51. The Labute approximate surface area is 169 Å². The van der Waals surface area contributed by atoms with E-state index in [1.165, 1.54) is 0 Å². The Kier molecular flexibility index (Phi) is 3.98. The number of aromatic amines is 1. The number of amides is 1. The number of likely N-dealkylation sites (tertiary alicyclic amines) is 2.